The number of hydrogen-bond acceptors (Lipinski definition) is 3. The highest BCUT2D eigenvalue weighted by atomic mass is 35.5. The van der Waals surface area contributed by atoms with Gasteiger partial charge >= 0.3 is 12.1 Å². The molecule has 2 aromatic carbocycles. The van der Waals surface area contributed by atoms with Crippen molar-refractivity contribution in [1.82, 2.24) is 9.78 Å². The Bertz CT molecular complexity index is 1220. The van der Waals surface area contributed by atoms with Crippen LogP contribution in [0.4, 0.5) is 13.2 Å². The van der Waals surface area contributed by atoms with E-state index < -0.39 is 29.2 Å². The second-order valence-corrected chi connectivity index (χ2v) is 8.29. The van der Waals surface area contributed by atoms with Crippen molar-refractivity contribution >= 4 is 23.5 Å². The number of carbonyl (C=O) groups excluding carboxylic acids is 1. The molecule has 0 fully saturated rings. The van der Waals surface area contributed by atoms with Crippen LogP contribution in [0.3, 0.4) is 0 Å². The van der Waals surface area contributed by atoms with Crippen LogP contribution in [0.2, 0.25) is 5.02 Å². The quantitative estimate of drug-likeness (QED) is 0.539. The molecule has 1 N–H and O–H groups in total. The molecule has 9 heteroatoms. The molecule has 32 heavy (non-hydrogen) atoms. The summed E-state index contributed by atoms with van der Waals surface area (Å²) in [6.07, 6.45) is -2.91. The van der Waals surface area contributed by atoms with E-state index in [-0.39, 0.29) is 10.6 Å². The number of carboxylic acid groups (broad SMARTS) is 1. The molecule has 4 rings (SSSR count). The first-order valence-corrected chi connectivity index (χ1v) is 10.3. The number of halogens is 4. The summed E-state index contributed by atoms with van der Waals surface area (Å²) in [6.45, 7) is 2.05. The summed E-state index contributed by atoms with van der Waals surface area (Å²) >= 11 is 6.04. The number of carbonyl (C=O) groups is 2. The predicted octanol–water partition coefficient (Wildman–Crippen LogP) is 5.73. The van der Waals surface area contributed by atoms with Crippen molar-refractivity contribution in [3.05, 3.63) is 75.4 Å². The fraction of sp³-hybridized carbons (Fsp3) is 0.261. The van der Waals surface area contributed by atoms with Crippen LogP contribution in [0.25, 0.3) is 11.3 Å². The molecule has 166 valence electrons. The third kappa shape index (κ3) is 3.90. The molecule has 0 amide bonds. The molecule has 0 radical (unpaired) electrons. The molecule has 0 saturated heterocycles. The van der Waals surface area contributed by atoms with E-state index in [0.29, 0.717) is 35.7 Å². The van der Waals surface area contributed by atoms with Crippen LogP contribution < -0.4 is 0 Å². The molecule has 5 nitrogen and oxygen atoms in total. The molecule has 3 aromatic rings. The number of hydrogen-bond donors (Lipinski definition) is 1. The first kappa shape index (κ1) is 22.1. The molecule has 1 heterocycles. The third-order valence-corrected chi connectivity index (χ3v) is 5.96. The van der Waals surface area contributed by atoms with Gasteiger partial charge in [-0.25, -0.2) is 4.79 Å². The Kier molecular flexibility index (Phi) is 5.58. The minimum atomic E-state index is -4.76. The van der Waals surface area contributed by atoms with Gasteiger partial charge in [0.1, 0.15) is 0 Å². The van der Waals surface area contributed by atoms with Crippen LogP contribution >= 0.6 is 11.6 Å². The zero-order valence-electron chi connectivity index (χ0n) is 16.9. The molecule has 1 aliphatic carbocycles. The highest BCUT2D eigenvalue weighted by Crippen LogP contribution is 2.38. The largest absolute Gasteiger partial charge is 0.478 e. The van der Waals surface area contributed by atoms with Crippen molar-refractivity contribution in [2.24, 2.45) is 5.92 Å². The first-order valence-electron chi connectivity index (χ1n) is 9.92. The summed E-state index contributed by atoms with van der Waals surface area (Å²) in [5.41, 5.74) is 0.713. The van der Waals surface area contributed by atoms with Gasteiger partial charge in [-0.3, -0.25) is 4.79 Å². The molecule has 1 atom stereocenters. The van der Waals surface area contributed by atoms with E-state index in [1.807, 2.05) is 0 Å². The van der Waals surface area contributed by atoms with Crippen molar-refractivity contribution in [3.8, 4) is 11.3 Å². The molecule has 1 unspecified atom stereocenters. The van der Waals surface area contributed by atoms with Crippen molar-refractivity contribution in [3.63, 3.8) is 0 Å². The van der Waals surface area contributed by atoms with Gasteiger partial charge in [0, 0.05) is 11.1 Å². The minimum absolute atomic E-state index is 0.0948. The van der Waals surface area contributed by atoms with E-state index >= 15 is 0 Å². The van der Waals surface area contributed by atoms with Crippen LogP contribution in [0.1, 0.15) is 50.9 Å². The van der Waals surface area contributed by atoms with Gasteiger partial charge < -0.3 is 5.11 Å². The van der Waals surface area contributed by atoms with Gasteiger partial charge in [-0.2, -0.15) is 23.0 Å². The summed E-state index contributed by atoms with van der Waals surface area (Å²) in [6, 6.07) is 9.22. The Hall–Kier alpha value is -3.13. The van der Waals surface area contributed by atoms with E-state index in [4.69, 9.17) is 16.7 Å². The highest BCUT2D eigenvalue weighted by Gasteiger charge is 2.38. The lowest BCUT2D eigenvalue weighted by Gasteiger charge is -2.20. The average molecular weight is 463 g/mol. The summed E-state index contributed by atoms with van der Waals surface area (Å²) in [4.78, 5) is 24.5. The summed E-state index contributed by atoms with van der Waals surface area (Å²) in [5, 5.41) is 13.2. The smallest absolute Gasteiger partial charge is 0.417 e. The highest BCUT2D eigenvalue weighted by molar-refractivity contribution is 6.34. The minimum Gasteiger partial charge on any atom is -0.478 e. The summed E-state index contributed by atoms with van der Waals surface area (Å²) in [7, 11) is 0. The number of rotatable bonds is 3. The maximum atomic E-state index is 13.6. The topological polar surface area (TPSA) is 72.2 Å². The number of carboxylic acids is 1. The number of benzene rings is 2. The van der Waals surface area contributed by atoms with Crippen molar-refractivity contribution in [1.29, 1.82) is 0 Å². The molecular weight excluding hydrogens is 445 g/mol. The molecule has 0 bridgehead atoms. The standard InChI is InChI=1S/C23H18ClF3N2O3/c1-12-5-10-18-15(11-12)20(13-6-8-14(9-7-13)22(31)32)28-29(18)21(30)19-16(23(25,26)27)3-2-4-17(19)24/h2-4,6-9,12H,5,10-11H2,1H3,(H,31,32). The SMILES string of the molecule is CC1CCc2c(c(-c3ccc(C(=O)O)cc3)nn2C(=O)c2c(Cl)cccc2C(F)(F)F)C1. The Morgan fingerprint density at radius 3 is 2.47 bits per heavy atom. The van der Waals surface area contributed by atoms with E-state index in [1.54, 1.807) is 12.1 Å². The summed E-state index contributed by atoms with van der Waals surface area (Å²) in [5.74, 6) is -1.72. The lowest BCUT2D eigenvalue weighted by atomic mass is 9.86. The van der Waals surface area contributed by atoms with Crippen LogP contribution in [0, 0.1) is 5.92 Å². The lowest BCUT2D eigenvalue weighted by Crippen LogP contribution is -2.23. The van der Waals surface area contributed by atoms with E-state index in [2.05, 4.69) is 12.0 Å². The predicted molar refractivity (Wildman–Crippen MR) is 112 cm³/mol. The number of fused-ring (bicyclic) bond motifs is 1. The van der Waals surface area contributed by atoms with Gasteiger partial charge in [0.15, 0.2) is 0 Å². The van der Waals surface area contributed by atoms with Gasteiger partial charge in [-0.05, 0) is 49.4 Å². The molecule has 1 aliphatic rings. The molecule has 1 aromatic heterocycles. The third-order valence-electron chi connectivity index (χ3n) is 5.65. The fourth-order valence-corrected chi connectivity index (χ4v) is 4.30. The number of alkyl halides is 3. The van der Waals surface area contributed by atoms with Crippen LogP contribution in [0.5, 0.6) is 0 Å². The van der Waals surface area contributed by atoms with Gasteiger partial charge in [0.25, 0.3) is 5.91 Å². The molecule has 0 spiro atoms. The Balaban J connectivity index is 1.88. The Labute approximate surface area is 186 Å². The zero-order chi connectivity index (χ0) is 23.2. The monoisotopic (exact) mass is 462 g/mol. The van der Waals surface area contributed by atoms with Crippen LogP contribution in [-0.4, -0.2) is 26.8 Å². The second-order valence-electron chi connectivity index (χ2n) is 7.88. The molecule has 0 aliphatic heterocycles. The molecular formula is C23H18ClF3N2O3. The van der Waals surface area contributed by atoms with E-state index in [0.717, 1.165) is 28.8 Å². The Morgan fingerprint density at radius 1 is 1.16 bits per heavy atom. The second kappa shape index (κ2) is 8.09. The number of aromatic carboxylic acids is 1. The summed E-state index contributed by atoms with van der Waals surface area (Å²) < 4.78 is 41.8. The van der Waals surface area contributed by atoms with E-state index in [1.165, 1.54) is 18.2 Å². The normalized spacial score (nSPS) is 16.0. The van der Waals surface area contributed by atoms with E-state index in [9.17, 15) is 22.8 Å². The maximum absolute atomic E-state index is 13.6. The van der Waals surface area contributed by atoms with Crippen LogP contribution in [0.15, 0.2) is 42.5 Å². The van der Waals surface area contributed by atoms with Crippen molar-refractivity contribution < 1.29 is 27.9 Å². The van der Waals surface area contributed by atoms with Crippen molar-refractivity contribution in [2.45, 2.75) is 32.4 Å². The average Bonchev–Trinajstić information content (AvgIpc) is 3.11. The van der Waals surface area contributed by atoms with Gasteiger partial charge in [0.2, 0.25) is 0 Å². The number of aromatic nitrogens is 2. The Morgan fingerprint density at radius 2 is 1.84 bits per heavy atom. The van der Waals surface area contributed by atoms with Gasteiger partial charge in [-0.15, -0.1) is 0 Å². The van der Waals surface area contributed by atoms with Crippen molar-refractivity contribution in [2.75, 3.05) is 0 Å². The molecule has 0 saturated carbocycles. The maximum Gasteiger partial charge on any atom is 0.417 e. The first-order chi connectivity index (χ1) is 15.1. The van der Waals surface area contributed by atoms with Gasteiger partial charge in [-0.1, -0.05) is 36.7 Å². The van der Waals surface area contributed by atoms with Crippen LogP contribution in [-0.2, 0) is 19.0 Å². The lowest BCUT2D eigenvalue weighted by molar-refractivity contribution is -0.137. The van der Waals surface area contributed by atoms with Gasteiger partial charge in [0.05, 0.1) is 33.1 Å². The zero-order valence-corrected chi connectivity index (χ0v) is 17.7. The fourth-order valence-electron chi connectivity index (χ4n) is 4.04. The number of nitrogens with zero attached hydrogens (tertiary/aromatic N) is 2.